The lowest BCUT2D eigenvalue weighted by atomic mass is 9.90. The average Bonchev–Trinajstić information content (AvgIpc) is 2.79. The number of benzene rings is 4. The van der Waals surface area contributed by atoms with Crippen LogP contribution in [-0.4, -0.2) is 17.6 Å². The third kappa shape index (κ3) is 4.20. The Labute approximate surface area is 170 Å². The average molecular weight is 381 g/mol. The summed E-state index contributed by atoms with van der Waals surface area (Å²) in [4.78, 5) is 13.1. The summed E-state index contributed by atoms with van der Waals surface area (Å²) in [6, 6.07) is 33.2. The predicted octanol–water partition coefficient (Wildman–Crippen LogP) is 4.82. The third-order valence-corrected chi connectivity index (χ3v) is 5.18. The summed E-state index contributed by atoms with van der Waals surface area (Å²) in [7, 11) is 0. The summed E-state index contributed by atoms with van der Waals surface area (Å²) in [5.74, 6) is -0.543. The van der Waals surface area contributed by atoms with E-state index in [0.29, 0.717) is 0 Å². The highest BCUT2D eigenvalue weighted by atomic mass is 16.3. The SMILES string of the molecule is O=C(NC[C@@H](O)c1cccc2ccccc12)C(c1ccccc1)c1ccccc1. The number of aliphatic hydroxyl groups excluding tert-OH is 1. The Bertz CT molecular complexity index is 1050. The van der Waals surface area contributed by atoms with E-state index in [9.17, 15) is 9.90 Å². The van der Waals surface area contributed by atoms with Gasteiger partial charge in [0.05, 0.1) is 12.0 Å². The highest BCUT2D eigenvalue weighted by Crippen LogP contribution is 2.26. The molecule has 0 aliphatic carbocycles. The molecule has 4 rings (SSSR count). The molecule has 0 saturated carbocycles. The van der Waals surface area contributed by atoms with Crippen LogP contribution in [0.3, 0.4) is 0 Å². The zero-order valence-corrected chi connectivity index (χ0v) is 16.0. The molecule has 144 valence electrons. The van der Waals surface area contributed by atoms with Gasteiger partial charge < -0.3 is 10.4 Å². The molecule has 2 N–H and O–H groups in total. The van der Waals surface area contributed by atoms with Gasteiger partial charge in [0.1, 0.15) is 0 Å². The molecule has 1 atom stereocenters. The van der Waals surface area contributed by atoms with Gasteiger partial charge in [-0.05, 0) is 27.5 Å². The fourth-order valence-corrected chi connectivity index (χ4v) is 3.74. The van der Waals surface area contributed by atoms with Crippen molar-refractivity contribution in [3.8, 4) is 0 Å². The largest absolute Gasteiger partial charge is 0.387 e. The molecule has 0 fully saturated rings. The molecule has 0 aromatic heterocycles. The van der Waals surface area contributed by atoms with Gasteiger partial charge in [0.25, 0.3) is 0 Å². The van der Waals surface area contributed by atoms with Crippen molar-refractivity contribution < 1.29 is 9.90 Å². The number of hydrogen-bond acceptors (Lipinski definition) is 2. The summed E-state index contributed by atoms with van der Waals surface area (Å²) in [5.41, 5.74) is 2.67. The first-order valence-electron chi connectivity index (χ1n) is 9.77. The second-order valence-corrected chi connectivity index (χ2v) is 7.08. The van der Waals surface area contributed by atoms with Crippen molar-refractivity contribution in [3.63, 3.8) is 0 Å². The molecule has 0 spiro atoms. The molecular formula is C26H23NO2. The normalized spacial score (nSPS) is 12.1. The first-order valence-corrected chi connectivity index (χ1v) is 9.77. The second kappa shape index (κ2) is 8.72. The maximum absolute atomic E-state index is 13.1. The number of fused-ring (bicyclic) bond motifs is 1. The molecule has 0 radical (unpaired) electrons. The standard InChI is InChI=1S/C26H23NO2/c28-24(23-17-9-15-19-10-7-8-16-22(19)23)18-27-26(29)25(20-11-3-1-4-12-20)21-13-5-2-6-14-21/h1-17,24-25,28H,18H2,(H,27,29)/t24-/m1/s1. The fourth-order valence-electron chi connectivity index (χ4n) is 3.74. The van der Waals surface area contributed by atoms with Gasteiger partial charge in [0.15, 0.2) is 0 Å². The number of nitrogens with one attached hydrogen (secondary N) is 1. The van der Waals surface area contributed by atoms with Gasteiger partial charge in [0, 0.05) is 6.54 Å². The van der Waals surface area contributed by atoms with Crippen LogP contribution in [0.1, 0.15) is 28.7 Å². The summed E-state index contributed by atoms with van der Waals surface area (Å²) in [6.45, 7) is 0.156. The minimum atomic E-state index is -0.780. The minimum absolute atomic E-state index is 0.123. The van der Waals surface area contributed by atoms with E-state index in [-0.39, 0.29) is 12.5 Å². The lowest BCUT2D eigenvalue weighted by Crippen LogP contribution is -2.33. The molecule has 1 amide bonds. The molecule has 0 unspecified atom stereocenters. The predicted molar refractivity (Wildman–Crippen MR) is 117 cm³/mol. The fraction of sp³-hybridized carbons (Fsp3) is 0.115. The van der Waals surface area contributed by atoms with E-state index < -0.39 is 12.0 Å². The van der Waals surface area contributed by atoms with Crippen LogP contribution in [0.2, 0.25) is 0 Å². The maximum atomic E-state index is 13.1. The Balaban J connectivity index is 1.55. The molecule has 0 saturated heterocycles. The molecule has 0 aliphatic rings. The summed E-state index contributed by atoms with van der Waals surface area (Å²) >= 11 is 0. The van der Waals surface area contributed by atoms with Crippen molar-refractivity contribution in [3.05, 3.63) is 120 Å². The van der Waals surface area contributed by atoms with Crippen LogP contribution in [0.15, 0.2) is 103 Å². The Morgan fingerprint density at radius 1 is 0.724 bits per heavy atom. The molecule has 0 bridgehead atoms. The van der Waals surface area contributed by atoms with Crippen molar-refractivity contribution in [1.82, 2.24) is 5.32 Å². The first-order chi connectivity index (χ1) is 14.2. The van der Waals surface area contributed by atoms with Crippen LogP contribution in [-0.2, 0) is 4.79 Å². The van der Waals surface area contributed by atoms with Crippen molar-refractivity contribution in [1.29, 1.82) is 0 Å². The van der Waals surface area contributed by atoms with Crippen LogP contribution in [0, 0.1) is 0 Å². The number of aliphatic hydroxyl groups is 1. The second-order valence-electron chi connectivity index (χ2n) is 7.08. The number of carbonyl (C=O) groups excluding carboxylic acids is 1. The maximum Gasteiger partial charge on any atom is 0.232 e. The van der Waals surface area contributed by atoms with Crippen molar-refractivity contribution in [2.45, 2.75) is 12.0 Å². The van der Waals surface area contributed by atoms with Gasteiger partial charge >= 0.3 is 0 Å². The smallest absolute Gasteiger partial charge is 0.232 e. The third-order valence-electron chi connectivity index (χ3n) is 5.18. The van der Waals surface area contributed by atoms with Crippen LogP contribution in [0.4, 0.5) is 0 Å². The highest BCUT2D eigenvalue weighted by Gasteiger charge is 2.23. The zero-order chi connectivity index (χ0) is 20.1. The van der Waals surface area contributed by atoms with Gasteiger partial charge in [-0.3, -0.25) is 4.79 Å². The van der Waals surface area contributed by atoms with E-state index in [1.54, 1.807) is 0 Å². The summed E-state index contributed by atoms with van der Waals surface area (Å²) in [6.07, 6.45) is -0.780. The molecule has 4 aromatic rings. The van der Waals surface area contributed by atoms with Gasteiger partial charge in [-0.15, -0.1) is 0 Å². The van der Waals surface area contributed by atoms with E-state index in [4.69, 9.17) is 0 Å². The van der Waals surface area contributed by atoms with E-state index in [0.717, 1.165) is 27.5 Å². The van der Waals surface area contributed by atoms with Gasteiger partial charge in [0.2, 0.25) is 5.91 Å². The zero-order valence-electron chi connectivity index (χ0n) is 16.0. The Morgan fingerprint density at radius 3 is 1.93 bits per heavy atom. The van der Waals surface area contributed by atoms with Crippen LogP contribution in [0.5, 0.6) is 0 Å². The summed E-state index contributed by atoms with van der Waals surface area (Å²) in [5, 5.41) is 15.8. The van der Waals surface area contributed by atoms with E-state index in [1.165, 1.54) is 0 Å². The van der Waals surface area contributed by atoms with Crippen LogP contribution >= 0.6 is 0 Å². The Hall–Kier alpha value is -3.43. The van der Waals surface area contributed by atoms with Crippen molar-refractivity contribution in [2.75, 3.05) is 6.54 Å². The number of rotatable bonds is 6. The molecule has 4 aromatic carbocycles. The Kier molecular flexibility index (Phi) is 5.68. The molecule has 3 nitrogen and oxygen atoms in total. The topological polar surface area (TPSA) is 49.3 Å². The van der Waals surface area contributed by atoms with Crippen molar-refractivity contribution in [2.24, 2.45) is 0 Å². The quantitative estimate of drug-likeness (QED) is 0.503. The molecule has 0 aliphatic heterocycles. The van der Waals surface area contributed by atoms with Crippen LogP contribution in [0.25, 0.3) is 10.8 Å². The monoisotopic (exact) mass is 381 g/mol. The minimum Gasteiger partial charge on any atom is -0.387 e. The summed E-state index contributed by atoms with van der Waals surface area (Å²) < 4.78 is 0. The number of carbonyl (C=O) groups is 1. The lowest BCUT2D eigenvalue weighted by molar-refractivity contribution is -0.122. The van der Waals surface area contributed by atoms with E-state index in [2.05, 4.69) is 5.32 Å². The van der Waals surface area contributed by atoms with E-state index in [1.807, 2.05) is 103 Å². The molecule has 0 heterocycles. The highest BCUT2D eigenvalue weighted by molar-refractivity contribution is 5.88. The van der Waals surface area contributed by atoms with E-state index >= 15 is 0 Å². The van der Waals surface area contributed by atoms with Crippen molar-refractivity contribution >= 4 is 16.7 Å². The molecule has 29 heavy (non-hydrogen) atoms. The Morgan fingerprint density at radius 2 is 1.28 bits per heavy atom. The first kappa shape index (κ1) is 18.9. The van der Waals surface area contributed by atoms with Gasteiger partial charge in [-0.1, -0.05) is 103 Å². The molecule has 3 heteroatoms. The number of hydrogen-bond donors (Lipinski definition) is 2. The van der Waals surface area contributed by atoms with Gasteiger partial charge in [-0.25, -0.2) is 0 Å². The van der Waals surface area contributed by atoms with Gasteiger partial charge in [-0.2, -0.15) is 0 Å². The van der Waals surface area contributed by atoms with Crippen LogP contribution < -0.4 is 5.32 Å². The lowest BCUT2D eigenvalue weighted by Gasteiger charge is -2.20. The molecular weight excluding hydrogens is 358 g/mol. The number of amides is 1.